The molecule has 27 heavy (non-hydrogen) atoms. The van der Waals surface area contributed by atoms with Crippen LogP contribution in [0, 0.1) is 5.82 Å². The van der Waals surface area contributed by atoms with Crippen molar-refractivity contribution in [1.29, 1.82) is 0 Å². The maximum absolute atomic E-state index is 14.9. The van der Waals surface area contributed by atoms with Crippen molar-refractivity contribution in [2.24, 2.45) is 0 Å². The van der Waals surface area contributed by atoms with E-state index in [1.165, 1.54) is 6.07 Å². The first-order chi connectivity index (χ1) is 12.5. The number of nitrogens with zero attached hydrogens (tertiary/aromatic N) is 1. The molecular weight excluding hydrogens is 349 g/mol. The minimum absolute atomic E-state index is 0.0255. The molecule has 1 heterocycles. The lowest BCUT2D eigenvalue weighted by atomic mass is 9.63. The number of carbonyl (C=O) groups is 1. The van der Waals surface area contributed by atoms with Crippen molar-refractivity contribution < 1.29 is 23.6 Å². The molecule has 1 aromatic carbocycles. The van der Waals surface area contributed by atoms with Gasteiger partial charge >= 0.3 is 6.16 Å². The number of hydrogen-bond acceptors (Lipinski definition) is 4. The van der Waals surface area contributed by atoms with Crippen molar-refractivity contribution >= 4 is 17.8 Å². The minimum atomic E-state index is -1.47. The Morgan fingerprint density at radius 1 is 1.19 bits per heavy atom. The molecule has 1 aliphatic rings. The van der Waals surface area contributed by atoms with Crippen molar-refractivity contribution in [2.75, 3.05) is 0 Å². The maximum atomic E-state index is 14.9. The summed E-state index contributed by atoms with van der Waals surface area (Å²) < 4.78 is 24.4. The van der Waals surface area contributed by atoms with E-state index in [0.717, 1.165) is 24.0 Å². The number of ether oxygens (including phenoxy) is 1. The zero-order chi connectivity index (χ0) is 20.0. The van der Waals surface area contributed by atoms with Crippen molar-refractivity contribution in [3.8, 4) is 5.88 Å². The summed E-state index contributed by atoms with van der Waals surface area (Å²) in [5.41, 5.74) is 3.29. The molecule has 3 rings (SSSR count). The molecule has 2 aromatic rings. The van der Waals surface area contributed by atoms with Gasteiger partial charge in [-0.1, -0.05) is 27.7 Å². The number of halogens is 1. The normalized spacial score (nSPS) is 18.1. The predicted octanol–water partition coefficient (Wildman–Crippen LogP) is 5.78. The summed E-state index contributed by atoms with van der Waals surface area (Å²) >= 11 is 0. The fraction of sp³-hybridized carbons (Fsp3) is 0.429. The maximum Gasteiger partial charge on any atom is 0.512 e. The van der Waals surface area contributed by atoms with Gasteiger partial charge in [-0.15, -0.1) is 0 Å². The van der Waals surface area contributed by atoms with Crippen LogP contribution in [0.1, 0.15) is 69.9 Å². The number of aromatic nitrogens is 1. The largest absolute Gasteiger partial charge is 0.512 e. The van der Waals surface area contributed by atoms with E-state index in [9.17, 15) is 9.18 Å². The number of benzene rings is 1. The summed E-state index contributed by atoms with van der Waals surface area (Å²) in [4.78, 5) is 10.5. The van der Waals surface area contributed by atoms with E-state index >= 15 is 0 Å². The third-order valence-corrected chi connectivity index (χ3v) is 5.42. The lowest BCUT2D eigenvalue weighted by Gasteiger charge is -2.42. The molecule has 5 nitrogen and oxygen atoms in total. The van der Waals surface area contributed by atoms with E-state index in [2.05, 4.69) is 37.6 Å². The molecule has 0 atom stereocenters. The van der Waals surface area contributed by atoms with Crippen LogP contribution in [0.5, 0.6) is 5.88 Å². The lowest BCUT2D eigenvalue weighted by molar-refractivity contribution is 0.140. The highest BCUT2D eigenvalue weighted by Crippen LogP contribution is 2.47. The first-order valence-corrected chi connectivity index (χ1v) is 8.90. The van der Waals surface area contributed by atoms with Gasteiger partial charge in [-0.2, -0.15) is 0 Å². The van der Waals surface area contributed by atoms with Crippen LogP contribution in [0.15, 0.2) is 22.7 Å². The standard InChI is InChI=1S/C21H24FNO4/c1-12(8-13-9-18(23-27-13)26-19(24)25)14-10-15-16(11-17(14)22)21(4,5)7-6-20(15,2)3/h8-11H,6-7H2,1-5H3,(H,24,25)/b12-8+. The average molecular weight is 373 g/mol. The Morgan fingerprint density at radius 3 is 2.37 bits per heavy atom. The van der Waals surface area contributed by atoms with Gasteiger partial charge < -0.3 is 14.4 Å². The van der Waals surface area contributed by atoms with E-state index in [1.807, 2.05) is 6.07 Å². The fourth-order valence-electron chi connectivity index (χ4n) is 3.66. The molecule has 0 aliphatic heterocycles. The van der Waals surface area contributed by atoms with Crippen molar-refractivity contribution in [2.45, 2.75) is 58.3 Å². The molecule has 0 saturated heterocycles. The van der Waals surface area contributed by atoms with Gasteiger partial charge in [0, 0.05) is 11.6 Å². The minimum Gasteiger partial charge on any atom is -0.449 e. The smallest absolute Gasteiger partial charge is 0.449 e. The zero-order valence-corrected chi connectivity index (χ0v) is 16.2. The highest BCUT2D eigenvalue weighted by Gasteiger charge is 2.37. The third kappa shape index (κ3) is 3.75. The van der Waals surface area contributed by atoms with E-state index < -0.39 is 6.16 Å². The second-order valence-electron chi connectivity index (χ2n) is 8.41. The monoisotopic (exact) mass is 373 g/mol. The van der Waals surface area contributed by atoms with Gasteiger partial charge in [-0.05, 0) is 70.7 Å². The Labute approximate surface area is 157 Å². The molecule has 0 bridgehead atoms. The van der Waals surface area contributed by atoms with Gasteiger partial charge in [0.1, 0.15) is 5.82 Å². The van der Waals surface area contributed by atoms with Crippen LogP contribution < -0.4 is 4.74 Å². The van der Waals surface area contributed by atoms with Crippen LogP contribution >= 0.6 is 0 Å². The van der Waals surface area contributed by atoms with E-state index in [4.69, 9.17) is 9.63 Å². The summed E-state index contributed by atoms with van der Waals surface area (Å²) in [6, 6.07) is 4.94. The molecule has 0 spiro atoms. The number of rotatable bonds is 3. The molecule has 6 heteroatoms. The van der Waals surface area contributed by atoms with Crippen LogP contribution in [-0.2, 0) is 10.8 Å². The van der Waals surface area contributed by atoms with E-state index in [1.54, 1.807) is 19.1 Å². The molecule has 1 aromatic heterocycles. The Kier molecular flexibility index (Phi) is 4.62. The van der Waals surface area contributed by atoms with Crippen molar-refractivity contribution in [3.63, 3.8) is 0 Å². The van der Waals surface area contributed by atoms with Gasteiger partial charge in [0.2, 0.25) is 0 Å². The predicted molar refractivity (Wildman–Crippen MR) is 100 cm³/mol. The number of carboxylic acid groups (broad SMARTS) is 1. The molecule has 144 valence electrons. The van der Waals surface area contributed by atoms with Crippen molar-refractivity contribution in [3.05, 3.63) is 46.5 Å². The van der Waals surface area contributed by atoms with Crippen molar-refractivity contribution in [1.82, 2.24) is 5.16 Å². The number of hydrogen-bond donors (Lipinski definition) is 1. The summed E-state index contributed by atoms with van der Waals surface area (Å²) in [6.45, 7) is 10.5. The van der Waals surface area contributed by atoms with E-state index in [0.29, 0.717) is 16.9 Å². The van der Waals surface area contributed by atoms with Gasteiger partial charge in [-0.3, -0.25) is 0 Å². The summed E-state index contributed by atoms with van der Waals surface area (Å²) in [5.74, 6) is -0.148. The van der Waals surface area contributed by atoms with E-state index in [-0.39, 0.29) is 22.5 Å². The SMILES string of the molecule is C/C(=C\c1cc(OC(=O)O)no1)c1cc2c(cc1F)C(C)(C)CCC2(C)C. The molecule has 1 N–H and O–H groups in total. The van der Waals surface area contributed by atoms with Crippen LogP contribution in [-0.4, -0.2) is 16.4 Å². The zero-order valence-electron chi connectivity index (χ0n) is 16.2. The van der Waals surface area contributed by atoms with Gasteiger partial charge in [-0.25, -0.2) is 9.18 Å². The Bertz CT molecular complexity index is 924. The molecule has 0 radical (unpaired) electrons. The fourth-order valence-corrected chi connectivity index (χ4v) is 3.66. The lowest BCUT2D eigenvalue weighted by Crippen LogP contribution is -2.34. The highest BCUT2D eigenvalue weighted by molar-refractivity contribution is 5.80. The first kappa shape index (κ1) is 19.1. The second kappa shape index (κ2) is 6.51. The van der Waals surface area contributed by atoms with Gasteiger partial charge in [0.05, 0.1) is 0 Å². The summed E-state index contributed by atoms with van der Waals surface area (Å²) in [5, 5.41) is 12.1. The number of allylic oxidation sites excluding steroid dienone is 1. The van der Waals surface area contributed by atoms with Gasteiger partial charge in [0.25, 0.3) is 5.88 Å². The highest BCUT2D eigenvalue weighted by atomic mass is 19.1. The Morgan fingerprint density at radius 2 is 1.78 bits per heavy atom. The summed E-state index contributed by atoms with van der Waals surface area (Å²) in [6.07, 6.45) is 2.21. The topological polar surface area (TPSA) is 72.6 Å². The van der Waals surface area contributed by atoms with Crippen LogP contribution in [0.25, 0.3) is 11.6 Å². The molecular formula is C21H24FNO4. The Balaban J connectivity index is 2.02. The summed E-state index contributed by atoms with van der Waals surface area (Å²) in [7, 11) is 0. The second-order valence-corrected chi connectivity index (χ2v) is 8.41. The third-order valence-electron chi connectivity index (χ3n) is 5.42. The van der Waals surface area contributed by atoms with Gasteiger partial charge in [0.15, 0.2) is 5.76 Å². The molecule has 0 unspecified atom stereocenters. The first-order valence-electron chi connectivity index (χ1n) is 8.90. The average Bonchev–Trinajstić information content (AvgIpc) is 2.97. The number of fused-ring (bicyclic) bond motifs is 1. The Hall–Kier alpha value is -2.63. The molecule has 1 aliphatic carbocycles. The molecule has 0 saturated carbocycles. The molecule has 0 fully saturated rings. The molecule has 0 amide bonds. The van der Waals surface area contributed by atoms with Crippen LogP contribution in [0.2, 0.25) is 0 Å². The van der Waals surface area contributed by atoms with Crippen LogP contribution in [0.4, 0.5) is 9.18 Å². The quantitative estimate of drug-likeness (QED) is 0.690. The van der Waals surface area contributed by atoms with Crippen LogP contribution in [0.3, 0.4) is 0 Å².